The van der Waals surface area contributed by atoms with Crippen molar-refractivity contribution in [3.8, 4) is 0 Å². The molecule has 2 aliphatic heterocycles. The maximum Gasteiger partial charge on any atom is 0.227 e. The fraction of sp³-hybridized carbons (Fsp3) is 0.650. The maximum absolute atomic E-state index is 13.0. The van der Waals surface area contributed by atoms with Gasteiger partial charge < -0.3 is 10.6 Å². The molecule has 28 heavy (non-hydrogen) atoms. The second-order valence-corrected chi connectivity index (χ2v) is 10.3. The maximum atomic E-state index is 13.0. The molecule has 4 atom stereocenters. The number of piperidine rings is 1. The largest absolute Gasteiger partial charge is 0.342 e. The number of nitrogens with two attached hydrogens (primary N) is 1. The molecule has 156 valence electrons. The summed E-state index contributed by atoms with van der Waals surface area (Å²) in [4.78, 5) is 15.0. The summed E-state index contributed by atoms with van der Waals surface area (Å²) < 4.78 is 27.2. The van der Waals surface area contributed by atoms with E-state index in [2.05, 4.69) is 0 Å². The first kappa shape index (κ1) is 21.6. The van der Waals surface area contributed by atoms with E-state index in [4.69, 9.17) is 5.73 Å². The van der Waals surface area contributed by atoms with E-state index >= 15 is 0 Å². The fourth-order valence-corrected chi connectivity index (χ4v) is 6.63. The van der Waals surface area contributed by atoms with Crippen LogP contribution in [0.25, 0.3) is 0 Å². The number of carbonyl (C=O) groups excluding carboxylic acids is 1. The van der Waals surface area contributed by atoms with E-state index in [1.165, 1.54) is 4.31 Å². The minimum atomic E-state index is -3.41. The third-order valence-electron chi connectivity index (χ3n) is 6.54. The highest BCUT2D eigenvalue weighted by molar-refractivity contribution is 7.88. The fourth-order valence-electron chi connectivity index (χ4n) is 5.02. The Morgan fingerprint density at radius 2 is 1.82 bits per heavy atom. The van der Waals surface area contributed by atoms with Gasteiger partial charge in [-0.1, -0.05) is 30.3 Å². The van der Waals surface area contributed by atoms with Crippen LogP contribution in [-0.2, 0) is 20.6 Å². The highest BCUT2D eigenvalue weighted by atomic mass is 35.5. The molecule has 3 aliphatic rings. The Morgan fingerprint density at radius 1 is 1.07 bits per heavy atom. The number of hydrogen-bond donors (Lipinski definition) is 1. The Kier molecular flexibility index (Phi) is 6.69. The number of carbonyl (C=O) groups is 1. The van der Waals surface area contributed by atoms with Crippen LogP contribution in [0.5, 0.6) is 0 Å². The molecule has 4 unspecified atom stereocenters. The second-order valence-electron chi connectivity index (χ2n) is 8.35. The third kappa shape index (κ3) is 4.37. The molecule has 1 aliphatic carbocycles. The minimum Gasteiger partial charge on any atom is -0.342 e. The van der Waals surface area contributed by atoms with E-state index in [1.807, 2.05) is 35.2 Å². The number of benzene rings is 1. The number of amides is 1. The zero-order valence-electron chi connectivity index (χ0n) is 16.1. The van der Waals surface area contributed by atoms with E-state index in [0.717, 1.165) is 44.3 Å². The highest BCUT2D eigenvalue weighted by Crippen LogP contribution is 2.38. The third-order valence-corrected chi connectivity index (χ3v) is 8.36. The zero-order valence-corrected chi connectivity index (χ0v) is 17.7. The average molecular weight is 428 g/mol. The Morgan fingerprint density at radius 3 is 2.54 bits per heavy atom. The number of nitrogens with zero attached hydrogens (tertiary/aromatic N) is 2. The normalized spacial score (nSPS) is 30.7. The Hall–Kier alpha value is -1.15. The van der Waals surface area contributed by atoms with Gasteiger partial charge >= 0.3 is 0 Å². The van der Waals surface area contributed by atoms with Crippen molar-refractivity contribution in [2.75, 3.05) is 26.2 Å². The average Bonchev–Trinajstić information content (AvgIpc) is 3.24. The number of halogens is 1. The summed E-state index contributed by atoms with van der Waals surface area (Å²) in [5, 5.41) is 0. The van der Waals surface area contributed by atoms with Crippen LogP contribution >= 0.6 is 12.4 Å². The van der Waals surface area contributed by atoms with Gasteiger partial charge in [-0.05, 0) is 43.1 Å². The lowest BCUT2D eigenvalue weighted by atomic mass is 9.98. The Labute approximate surface area is 173 Å². The molecule has 0 radical (unpaired) electrons. The topological polar surface area (TPSA) is 83.7 Å². The summed E-state index contributed by atoms with van der Waals surface area (Å²) in [5.74, 6) is 0.855. The lowest BCUT2D eigenvalue weighted by Crippen LogP contribution is -2.47. The van der Waals surface area contributed by atoms with E-state index < -0.39 is 10.0 Å². The molecule has 0 spiro atoms. The summed E-state index contributed by atoms with van der Waals surface area (Å²) in [6.45, 7) is 2.36. The van der Waals surface area contributed by atoms with Crippen molar-refractivity contribution in [2.24, 2.45) is 23.5 Å². The molecule has 1 aromatic rings. The van der Waals surface area contributed by atoms with Crippen molar-refractivity contribution in [3.05, 3.63) is 35.9 Å². The first-order valence-electron chi connectivity index (χ1n) is 10.00. The van der Waals surface area contributed by atoms with Crippen LogP contribution in [-0.4, -0.2) is 55.8 Å². The second kappa shape index (κ2) is 8.69. The Bertz CT molecular complexity index is 789. The Balaban J connectivity index is 0.00000225. The van der Waals surface area contributed by atoms with Crippen molar-refractivity contribution in [3.63, 3.8) is 0 Å². The van der Waals surface area contributed by atoms with Crippen molar-refractivity contribution in [2.45, 2.75) is 37.5 Å². The number of fused-ring (bicyclic) bond motifs is 1. The van der Waals surface area contributed by atoms with Crippen molar-refractivity contribution in [1.82, 2.24) is 9.21 Å². The molecule has 8 heteroatoms. The minimum absolute atomic E-state index is 0. The number of rotatable bonds is 4. The summed E-state index contributed by atoms with van der Waals surface area (Å²) in [7, 11) is -3.41. The van der Waals surface area contributed by atoms with Gasteiger partial charge in [-0.15, -0.1) is 12.4 Å². The van der Waals surface area contributed by atoms with E-state index in [1.54, 1.807) is 0 Å². The summed E-state index contributed by atoms with van der Waals surface area (Å²) >= 11 is 0. The molecule has 3 fully saturated rings. The molecule has 0 aromatic heterocycles. The summed E-state index contributed by atoms with van der Waals surface area (Å²) in [6, 6.07) is 9.45. The van der Waals surface area contributed by atoms with Gasteiger partial charge in [0.2, 0.25) is 15.9 Å². The van der Waals surface area contributed by atoms with E-state index in [9.17, 15) is 13.2 Å². The summed E-state index contributed by atoms with van der Waals surface area (Å²) in [6.07, 6.45) is 3.68. The smallest absolute Gasteiger partial charge is 0.227 e. The van der Waals surface area contributed by atoms with Crippen molar-refractivity contribution in [1.29, 1.82) is 0 Å². The van der Waals surface area contributed by atoms with Crippen molar-refractivity contribution < 1.29 is 13.2 Å². The molecule has 6 nitrogen and oxygen atoms in total. The molecular formula is C20H30ClN3O3S. The molecule has 0 bridgehead atoms. The van der Waals surface area contributed by atoms with Crippen LogP contribution in [0.4, 0.5) is 0 Å². The first-order chi connectivity index (χ1) is 12.9. The van der Waals surface area contributed by atoms with E-state index in [-0.39, 0.29) is 36.0 Å². The van der Waals surface area contributed by atoms with Gasteiger partial charge in [-0.3, -0.25) is 4.79 Å². The van der Waals surface area contributed by atoms with Gasteiger partial charge in [0.05, 0.1) is 11.7 Å². The predicted octanol–water partition coefficient (Wildman–Crippen LogP) is 1.85. The van der Waals surface area contributed by atoms with Gasteiger partial charge in [0.25, 0.3) is 0 Å². The van der Waals surface area contributed by atoms with Crippen LogP contribution in [0, 0.1) is 17.8 Å². The summed E-state index contributed by atoms with van der Waals surface area (Å²) in [5.41, 5.74) is 6.97. The predicted molar refractivity (Wildman–Crippen MR) is 111 cm³/mol. The molecule has 1 saturated carbocycles. The molecule has 2 N–H and O–H groups in total. The molecule has 1 aromatic carbocycles. The molecule has 4 rings (SSSR count). The molecule has 2 heterocycles. The zero-order chi connectivity index (χ0) is 19.0. The standard InChI is InChI=1S/C20H29N3O3S.ClH/c21-19-9-8-16-11-22(13-18(16)19)20(24)17-7-4-10-23(12-17)27(25,26)14-15-5-2-1-3-6-15;/h1-3,5-6,16-19H,4,7-14,21H2;1H. The quantitative estimate of drug-likeness (QED) is 0.794. The lowest BCUT2D eigenvalue weighted by molar-refractivity contribution is -0.135. The van der Waals surface area contributed by atoms with Gasteiger partial charge in [-0.2, -0.15) is 0 Å². The van der Waals surface area contributed by atoms with Crippen LogP contribution in [0.1, 0.15) is 31.2 Å². The van der Waals surface area contributed by atoms with Gasteiger partial charge in [-0.25, -0.2) is 12.7 Å². The van der Waals surface area contributed by atoms with Crippen LogP contribution in [0.15, 0.2) is 30.3 Å². The van der Waals surface area contributed by atoms with Crippen LogP contribution in [0.3, 0.4) is 0 Å². The van der Waals surface area contributed by atoms with Crippen molar-refractivity contribution >= 4 is 28.3 Å². The van der Waals surface area contributed by atoms with Gasteiger partial charge in [0.1, 0.15) is 0 Å². The molecule has 1 amide bonds. The number of likely N-dealkylation sites (tertiary alicyclic amines) is 1. The highest BCUT2D eigenvalue weighted by Gasteiger charge is 2.44. The monoisotopic (exact) mass is 427 g/mol. The van der Waals surface area contributed by atoms with Gasteiger partial charge in [0.15, 0.2) is 0 Å². The lowest BCUT2D eigenvalue weighted by Gasteiger charge is -2.33. The van der Waals surface area contributed by atoms with Crippen LogP contribution < -0.4 is 5.73 Å². The SMILES string of the molecule is Cl.NC1CCC2CN(C(=O)C3CCCN(S(=O)(=O)Cc4ccccc4)C3)CC12. The van der Waals surface area contributed by atoms with E-state index in [0.29, 0.717) is 24.9 Å². The molecular weight excluding hydrogens is 398 g/mol. The first-order valence-corrected chi connectivity index (χ1v) is 11.6. The molecule has 2 saturated heterocycles. The number of hydrogen-bond acceptors (Lipinski definition) is 4. The van der Waals surface area contributed by atoms with Gasteiger partial charge in [0, 0.05) is 32.2 Å². The number of sulfonamides is 1. The van der Waals surface area contributed by atoms with Crippen LogP contribution in [0.2, 0.25) is 0 Å².